The van der Waals surface area contributed by atoms with E-state index in [1.165, 1.54) is 19.2 Å². The van der Waals surface area contributed by atoms with Gasteiger partial charge in [0.1, 0.15) is 28.0 Å². The minimum Gasteiger partial charge on any atom is -0.505 e. The fourth-order valence-corrected chi connectivity index (χ4v) is 5.68. The van der Waals surface area contributed by atoms with Crippen LogP contribution in [-0.4, -0.2) is 52.7 Å². The zero-order valence-electron chi connectivity index (χ0n) is 18.0. The van der Waals surface area contributed by atoms with Crippen LogP contribution in [-0.2, 0) is 24.4 Å². The molecule has 0 amide bonds. The maximum absolute atomic E-state index is 12.6. The van der Waals surface area contributed by atoms with Crippen LogP contribution in [0.25, 0.3) is 10.8 Å². The average molecular weight is 549 g/mol. The van der Waals surface area contributed by atoms with E-state index in [4.69, 9.17) is 9.29 Å². The highest BCUT2D eigenvalue weighted by Gasteiger charge is 2.29. The third-order valence-corrected chi connectivity index (χ3v) is 8.12. The molecule has 35 heavy (non-hydrogen) atoms. The van der Waals surface area contributed by atoms with Gasteiger partial charge in [-0.15, -0.1) is 10.2 Å². The van der Waals surface area contributed by atoms with E-state index in [0.717, 1.165) is 25.1 Å². The van der Waals surface area contributed by atoms with E-state index >= 15 is 0 Å². The predicted molar refractivity (Wildman–Crippen MR) is 126 cm³/mol. The number of sulfone groups is 1. The zero-order valence-corrected chi connectivity index (χ0v) is 20.5. The highest BCUT2D eigenvalue weighted by atomic mass is 32.3. The third kappa shape index (κ3) is 5.88. The number of azo groups is 1. The van der Waals surface area contributed by atoms with Gasteiger partial charge in [0.15, 0.2) is 11.2 Å². The third-order valence-electron chi connectivity index (χ3n) is 4.69. The summed E-state index contributed by atoms with van der Waals surface area (Å²) in [6.07, 6.45) is 0. The number of nitrogens with zero attached hydrogens (tertiary/aromatic N) is 2. The highest BCUT2D eigenvalue weighted by molar-refractivity contribution is 8.19. The Morgan fingerprint density at radius 3 is 2.17 bits per heavy atom. The van der Waals surface area contributed by atoms with E-state index in [1.54, 1.807) is 18.2 Å². The van der Waals surface area contributed by atoms with Gasteiger partial charge in [-0.1, -0.05) is 24.3 Å². The quantitative estimate of drug-likeness (QED) is 0.195. The first-order valence-corrected chi connectivity index (χ1v) is 13.8. The maximum Gasteiger partial charge on any atom is 0.398 e. The molecule has 0 saturated carbocycles. The number of hydrogen-bond donors (Lipinski definition) is 5. The number of rotatable bonds is 8. The molecule has 0 spiro atoms. The molecule has 0 aliphatic rings. The number of benzene rings is 3. The second-order valence-corrected chi connectivity index (χ2v) is 11.7. The fraction of sp³-hybridized carbons (Fsp3) is 0.158. The van der Waals surface area contributed by atoms with Crippen molar-refractivity contribution in [3.8, 4) is 11.5 Å². The Kier molecular flexibility index (Phi) is 7.39. The monoisotopic (exact) mass is 548 g/mol. The molecule has 0 aliphatic carbocycles. The van der Waals surface area contributed by atoms with Crippen molar-refractivity contribution >= 4 is 53.3 Å². The van der Waals surface area contributed by atoms with Gasteiger partial charge in [0.05, 0.1) is 16.9 Å². The number of hydrogen-bond acceptors (Lipinski definition) is 12. The van der Waals surface area contributed by atoms with Gasteiger partial charge >= 0.3 is 10.4 Å². The Hall–Kier alpha value is -2.83. The lowest BCUT2D eigenvalue weighted by molar-refractivity contribution is 0.251. The summed E-state index contributed by atoms with van der Waals surface area (Å²) in [4.78, 5) is -0.921. The van der Waals surface area contributed by atoms with Crippen molar-refractivity contribution < 1.29 is 49.1 Å². The van der Waals surface area contributed by atoms with Crippen molar-refractivity contribution in [2.24, 2.45) is 10.2 Å². The molecule has 16 heteroatoms. The predicted octanol–water partition coefficient (Wildman–Crippen LogP) is 4.49. The maximum atomic E-state index is 12.6. The molecule has 1 unspecified atom stereocenters. The van der Waals surface area contributed by atoms with Crippen LogP contribution < -0.4 is 4.74 Å². The van der Waals surface area contributed by atoms with E-state index in [9.17, 15) is 35.6 Å². The first-order valence-electron chi connectivity index (χ1n) is 9.40. The Morgan fingerprint density at radius 1 is 0.914 bits per heavy atom. The summed E-state index contributed by atoms with van der Waals surface area (Å²) in [5.41, 5.74) is -2.47. The second-order valence-electron chi connectivity index (χ2n) is 6.98. The normalized spacial score (nSPS) is 14.3. The molecule has 3 aromatic carbocycles. The topological polar surface area (TPSA) is 213 Å². The van der Waals surface area contributed by atoms with Crippen molar-refractivity contribution in [3.63, 3.8) is 0 Å². The van der Waals surface area contributed by atoms with E-state index < -0.39 is 57.8 Å². The van der Waals surface area contributed by atoms with Crippen molar-refractivity contribution in [2.75, 3.05) is 7.11 Å². The molecule has 1 atom stereocenters. The molecule has 0 bridgehead atoms. The lowest BCUT2D eigenvalue weighted by Gasteiger charge is -2.22. The van der Waals surface area contributed by atoms with Crippen LogP contribution in [0.15, 0.2) is 68.6 Å². The van der Waals surface area contributed by atoms with E-state index in [1.807, 2.05) is 0 Å². The Labute approximate surface area is 201 Å². The number of phenolic OH excluding ortho intramolecular Hbond substituents is 1. The number of fused-ring (bicyclic) bond motifs is 1. The SMILES string of the molecule is COc1cc(S(=O)(=O)C(C)OS(=O)(=O)O)ccc1N=Nc1c(S(O)(O)O)cc2ccccc2c1O. The van der Waals surface area contributed by atoms with E-state index in [-0.39, 0.29) is 16.8 Å². The first kappa shape index (κ1) is 26.8. The lowest BCUT2D eigenvalue weighted by atomic mass is 10.1. The average Bonchev–Trinajstić information content (AvgIpc) is 2.76. The summed E-state index contributed by atoms with van der Waals surface area (Å²) >= 11 is 0. The highest BCUT2D eigenvalue weighted by Crippen LogP contribution is 2.54. The minimum absolute atomic E-state index is 0.0669. The van der Waals surface area contributed by atoms with Gasteiger partial charge in [0.2, 0.25) is 9.84 Å². The van der Waals surface area contributed by atoms with Crippen LogP contribution in [0.3, 0.4) is 0 Å². The smallest absolute Gasteiger partial charge is 0.398 e. The standard InChI is InChI=1S/C19H20N2O11S3/c1-11(32-35(28,29)30)33(23,24)13-7-8-15(16(10-13)31-2)20-21-18-17(34(25,26)27)9-12-5-3-4-6-14(12)19(18)22/h3-11,22,25-27H,1-2H3,(H,28,29,30). The summed E-state index contributed by atoms with van der Waals surface area (Å²) in [5.74, 6) is -0.642. The second kappa shape index (κ2) is 9.67. The number of methoxy groups -OCH3 is 1. The van der Waals surface area contributed by atoms with Crippen LogP contribution in [0.5, 0.6) is 11.5 Å². The summed E-state index contributed by atoms with van der Waals surface area (Å²) in [7, 11) is -12.6. The molecular formula is C19H20N2O11S3. The van der Waals surface area contributed by atoms with Crippen molar-refractivity contribution in [3.05, 3.63) is 48.5 Å². The van der Waals surface area contributed by atoms with Crippen LogP contribution in [0.1, 0.15) is 6.92 Å². The summed E-state index contributed by atoms with van der Waals surface area (Å²) in [6.45, 7) is 0.903. The molecule has 0 fully saturated rings. The lowest BCUT2D eigenvalue weighted by Crippen LogP contribution is -2.24. The molecule has 0 saturated heterocycles. The van der Waals surface area contributed by atoms with Gasteiger partial charge in [-0.05, 0) is 30.5 Å². The molecule has 3 aromatic rings. The van der Waals surface area contributed by atoms with Crippen molar-refractivity contribution in [2.45, 2.75) is 22.2 Å². The van der Waals surface area contributed by atoms with Gasteiger partial charge < -0.3 is 23.5 Å². The van der Waals surface area contributed by atoms with Crippen molar-refractivity contribution in [1.82, 2.24) is 0 Å². The largest absolute Gasteiger partial charge is 0.505 e. The van der Waals surface area contributed by atoms with Crippen LogP contribution in [0.2, 0.25) is 0 Å². The summed E-state index contributed by atoms with van der Waals surface area (Å²) in [5, 5.41) is 19.0. The minimum atomic E-state index is -5.04. The van der Waals surface area contributed by atoms with Crippen LogP contribution in [0.4, 0.5) is 11.4 Å². The Bertz CT molecular complexity index is 1520. The van der Waals surface area contributed by atoms with E-state index in [2.05, 4.69) is 14.4 Å². The van der Waals surface area contributed by atoms with E-state index in [0.29, 0.717) is 5.39 Å². The Morgan fingerprint density at radius 2 is 1.57 bits per heavy atom. The molecular weight excluding hydrogens is 528 g/mol. The zero-order chi connectivity index (χ0) is 26.2. The Balaban J connectivity index is 2.08. The molecule has 5 N–H and O–H groups in total. The molecule has 3 rings (SSSR count). The van der Waals surface area contributed by atoms with Gasteiger partial charge in [-0.25, -0.2) is 12.6 Å². The summed E-state index contributed by atoms with van der Waals surface area (Å²) < 4.78 is 94.3. The molecule has 0 aromatic heterocycles. The molecule has 0 aliphatic heterocycles. The number of phenols is 1. The van der Waals surface area contributed by atoms with Gasteiger partial charge in [0.25, 0.3) is 0 Å². The van der Waals surface area contributed by atoms with Crippen LogP contribution >= 0.6 is 10.9 Å². The number of ether oxygens (including phenoxy) is 1. The first-order chi connectivity index (χ1) is 16.1. The number of aromatic hydroxyl groups is 1. The molecule has 0 radical (unpaired) electrons. The molecule has 0 heterocycles. The summed E-state index contributed by atoms with van der Waals surface area (Å²) in [6, 6.07) is 10.8. The molecule has 13 nitrogen and oxygen atoms in total. The van der Waals surface area contributed by atoms with Gasteiger partial charge in [-0.2, -0.15) is 8.42 Å². The van der Waals surface area contributed by atoms with Crippen LogP contribution in [0, 0.1) is 0 Å². The van der Waals surface area contributed by atoms with Gasteiger partial charge in [-0.3, -0.25) is 4.55 Å². The fourth-order valence-electron chi connectivity index (χ4n) is 3.03. The van der Waals surface area contributed by atoms with Crippen molar-refractivity contribution in [1.29, 1.82) is 0 Å². The molecule has 190 valence electrons. The van der Waals surface area contributed by atoms with Gasteiger partial charge in [0, 0.05) is 11.5 Å².